The van der Waals surface area contributed by atoms with E-state index < -0.39 is 9.20 Å². The van der Waals surface area contributed by atoms with Gasteiger partial charge in [0, 0.05) is 6.07 Å². The fraction of sp³-hybridized carbons (Fsp3) is 0.381. The molecule has 1 heterocycles. The van der Waals surface area contributed by atoms with Crippen LogP contribution in [0, 0.1) is 5.41 Å². The summed E-state index contributed by atoms with van der Waals surface area (Å²) < 4.78 is 6.43. The van der Waals surface area contributed by atoms with Crippen molar-refractivity contribution in [1.29, 1.82) is 0 Å². The normalized spacial score (nSPS) is 18.0. The molecular weight excluding hydrogens is 466 g/mol. The Bertz CT molecular complexity index is 954. The van der Waals surface area contributed by atoms with E-state index in [4.69, 9.17) is 44.8 Å². The van der Waals surface area contributed by atoms with E-state index >= 15 is 0 Å². The average molecular weight is 489 g/mol. The quantitative estimate of drug-likeness (QED) is 0.174. The third kappa shape index (κ3) is 5.44. The molecule has 1 aliphatic carbocycles. The van der Waals surface area contributed by atoms with Crippen LogP contribution >= 0.6 is 40.4 Å². The summed E-state index contributed by atoms with van der Waals surface area (Å²) in [7, 11) is 17.2. The Morgan fingerprint density at radius 3 is 2.30 bits per heavy atom. The van der Waals surface area contributed by atoms with Gasteiger partial charge in [-0.25, -0.2) is 4.42 Å². The van der Waals surface area contributed by atoms with Gasteiger partial charge in [-0.2, -0.15) is 0 Å². The van der Waals surface area contributed by atoms with E-state index in [2.05, 4.69) is 63.2 Å². The fourth-order valence-corrected chi connectivity index (χ4v) is 3.89. The zero-order valence-corrected chi connectivity index (χ0v) is 19.6. The Kier molecular flexibility index (Phi) is 6.58. The number of fused-ring (bicyclic) bond motifs is 4. The SMILES string of the molecule is CC(C)(C)C1CCCc2cc3c(ccc4ccccc43)[o+]c21.[Cl][Fe-]([Cl])([Cl])[Cl]. The summed E-state index contributed by atoms with van der Waals surface area (Å²) in [6.45, 7) is 6.98. The maximum absolute atomic E-state index is 6.43. The van der Waals surface area contributed by atoms with Crippen molar-refractivity contribution in [2.24, 2.45) is 5.41 Å². The molecule has 1 aromatic heterocycles. The standard InChI is InChI=1S/C21H23O.4ClH.Fe/c1-21(2,3)18-10-6-8-15-13-17-16-9-5-4-7-14(16)11-12-19(17)22-20(15)18;;;;;/h4-5,7,9,11-13,18H,6,8,10H2,1-3H3;4*1H;/q+1;;;;;+3/p-4. The van der Waals surface area contributed by atoms with E-state index in [1.54, 1.807) is 0 Å². The molecule has 27 heavy (non-hydrogen) atoms. The first-order valence-electron chi connectivity index (χ1n) is 8.85. The van der Waals surface area contributed by atoms with Crippen LogP contribution in [0.2, 0.25) is 0 Å². The summed E-state index contributed by atoms with van der Waals surface area (Å²) in [5.41, 5.74) is 2.69. The number of benzene rings is 2. The molecule has 1 unspecified atom stereocenters. The molecule has 0 saturated carbocycles. The zero-order chi connectivity index (χ0) is 19.8. The van der Waals surface area contributed by atoms with Crippen LogP contribution in [0.1, 0.15) is 50.9 Å². The number of rotatable bonds is 0. The monoisotopic (exact) mass is 487 g/mol. The molecular formula is C21H23Cl4FeO. The third-order valence-electron chi connectivity index (χ3n) is 5.09. The second-order valence-corrected chi connectivity index (χ2v) is 18.9. The molecule has 0 aliphatic heterocycles. The molecule has 1 aliphatic rings. The van der Waals surface area contributed by atoms with Gasteiger partial charge in [-0.1, -0.05) is 45.0 Å². The van der Waals surface area contributed by atoms with Crippen molar-refractivity contribution in [1.82, 2.24) is 0 Å². The van der Waals surface area contributed by atoms with Crippen LogP contribution in [0.3, 0.4) is 0 Å². The molecule has 3 aromatic rings. The predicted octanol–water partition coefficient (Wildman–Crippen LogP) is 9.09. The first-order valence-corrected chi connectivity index (χ1v) is 14.9. The molecule has 0 radical (unpaired) electrons. The molecule has 6 heteroatoms. The van der Waals surface area contributed by atoms with Gasteiger partial charge < -0.3 is 0 Å². The fourth-order valence-electron chi connectivity index (χ4n) is 3.89. The van der Waals surface area contributed by atoms with Gasteiger partial charge in [0.25, 0.3) is 0 Å². The van der Waals surface area contributed by atoms with Gasteiger partial charge in [-0.15, -0.1) is 0 Å². The summed E-state index contributed by atoms with van der Waals surface area (Å²) in [6, 6.07) is 15.3. The number of aryl methyl sites for hydroxylation is 1. The molecule has 0 N–H and O–H groups in total. The van der Waals surface area contributed by atoms with Crippen molar-refractivity contribution in [3.63, 3.8) is 0 Å². The second kappa shape index (κ2) is 8.26. The van der Waals surface area contributed by atoms with Gasteiger partial charge in [0.05, 0.1) is 16.9 Å². The average Bonchev–Trinajstić information content (AvgIpc) is 2.57. The number of hydrogen-bond donors (Lipinski definition) is 0. The molecule has 1 nitrogen and oxygen atoms in total. The molecule has 4 rings (SSSR count). The summed E-state index contributed by atoms with van der Waals surface area (Å²) in [4.78, 5) is 0. The van der Waals surface area contributed by atoms with Gasteiger partial charge in [-0.05, 0) is 47.6 Å². The Morgan fingerprint density at radius 2 is 1.63 bits per heavy atom. The van der Waals surface area contributed by atoms with Crippen LogP contribution in [0.25, 0.3) is 21.7 Å². The minimum absolute atomic E-state index is 0.253. The van der Waals surface area contributed by atoms with Gasteiger partial charge in [-0.3, -0.25) is 0 Å². The molecule has 0 spiro atoms. The van der Waals surface area contributed by atoms with E-state index in [-0.39, 0.29) is 5.41 Å². The molecule has 1 atom stereocenters. The first-order chi connectivity index (χ1) is 12.5. The van der Waals surface area contributed by atoms with Crippen molar-refractivity contribution in [3.8, 4) is 0 Å². The van der Waals surface area contributed by atoms with Crippen molar-refractivity contribution in [2.75, 3.05) is 0 Å². The van der Waals surface area contributed by atoms with Gasteiger partial charge in [0.2, 0.25) is 0 Å². The Morgan fingerprint density at radius 1 is 0.963 bits per heavy atom. The second-order valence-electron chi connectivity index (χ2n) is 7.95. The van der Waals surface area contributed by atoms with Crippen LogP contribution in [-0.2, 0) is 15.6 Å². The van der Waals surface area contributed by atoms with Crippen molar-refractivity contribution in [3.05, 3.63) is 53.8 Å². The summed E-state index contributed by atoms with van der Waals surface area (Å²) in [5.74, 6) is 1.74. The van der Waals surface area contributed by atoms with Gasteiger partial charge >= 0.3 is 60.9 Å². The van der Waals surface area contributed by atoms with E-state index in [0.29, 0.717) is 5.92 Å². The summed E-state index contributed by atoms with van der Waals surface area (Å²) in [5, 5.41) is 3.84. The number of hydrogen-bond acceptors (Lipinski definition) is 0. The maximum atomic E-state index is 6.43. The van der Waals surface area contributed by atoms with Gasteiger partial charge in [0.1, 0.15) is 0 Å². The van der Waals surface area contributed by atoms with E-state index in [1.165, 1.54) is 40.3 Å². The Labute approximate surface area is 180 Å². The number of halogens is 4. The summed E-state index contributed by atoms with van der Waals surface area (Å²) in [6.07, 6.45) is 3.64. The van der Waals surface area contributed by atoms with E-state index in [0.717, 1.165) is 12.0 Å². The zero-order valence-electron chi connectivity index (χ0n) is 15.5. The molecule has 0 bridgehead atoms. The molecule has 0 fully saturated rings. The van der Waals surface area contributed by atoms with Gasteiger partial charge in [0.15, 0.2) is 0 Å². The summed E-state index contributed by atoms with van der Waals surface area (Å²) >= 11 is 0. The topological polar surface area (TPSA) is 11.3 Å². The molecule has 0 saturated heterocycles. The Hall–Kier alpha value is -0.211. The third-order valence-corrected chi connectivity index (χ3v) is 5.09. The Balaban J connectivity index is 0.000000376. The van der Waals surface area contributed by atoms with Crippen LogP contribution in [-0.4, -0.2) is 0 Å². The van der Waals surface area contributed by atoms with Crippen LogP contribution in [0.15, 0.2) is 46.9 Å². The minimum atomic E-state index is -2.61. The van der Waals surface area contributed by atoms with E-state index in [1.807, 2.05) is 0 Å². The van der Waals surface area contributed by atoms with Crippen molar-refractivity contribution >= 4 is 62.1 Å². The van der Waals surface area contributed by atoms with Crippen molar-refractivity contribution in [2.45, 2.75) is 46.0 Å². The van der Waals surface area contributed by atoms with Crippen LogP contribution < -0.4 is 0 Å². The van der Waals surface area contributed by atoms with Crippen molar-refractivity contribution < 1.29 is 13.6 Å². The molecule has 2 aromatic carbocycles. The van der Waals surface area contributed by atoms with Crippen LogP contribution in [0.5, 0.6) is 0 Å². The molecule has 0 amide bonds. The molecule has 149 valence electrons. The van der Waals surface area contributed by atoms with Crippen LogP contribution in [0.4, 0.5) is 0 Å². The predicted molar refractivity (Wildman–Crippen MR) is 117 cm³/mol. The van der Waals surface area contributed by atoms with E-state index in [9.17, 15) is 0 Å². The first kappa shape index (κ1) is 21.5.